The molecule has 0 aliphatic heterocycles. The van der Waals surface area contributed by atoms with Gasteiger partial charge in [-0.05, 0) is 25.3 Å². The number of hydrogen-bond donors (Lipinski definition) is 2. The Morgan fingerprint density at radius 2 is 2.23 bits per heavy atom. The molecule has 0 aromatic carbocycles. The van der Waals surface area contributed by atoms with Crippen LogP contribution >= 0.6 is 0 Å². The third-order valence-corrected chi connectivity index (χ3v) is 2.89. The fourth-order valence-electron chi connectivity index (χ4n) is 1.70. The molecule has 0 heterocycles. The molecule has 1 rings (SSSR count). The smallest absolute Gasteiger partial charge is 0.0918 e. The Labute approximate surface area is 80.8 Å². The van der Waals surface area contributed by atoms with Gasteiger partial charge in [-0.15, -0.1) is 0 Å². The summed E-state index contributed by atoms with van der Waals surface area (Å²) in [6.45, 7) is 5.44. The minimum atomic E-state index is 0.312. The average molecular weight is 183 g/mol. The summed E-state index contributed by atoms with van der Waals surface area (Å²) < 4.78 is 0. The Hall–Kier alpha value is -0.570. The van der Waals surface area contributed by atoms with E-state index in [2.05, 4.69) is 11.8 Å². The fourth-order valence-corrected chi connectivity index (χ4v) is 1.70. The van der Waals surface area contributed by atoms with Gasteiger partial charge in [0.05, 0.1) is 5.84 Å². The minimum absolute atomic E-state index is 0.312. The molecule has 0 spiro atoms. The Kier molecular flexibility index (Phi) is 4.22. The monoisotopic (exact) mass is 183 g/mol. The standard InChI is InChI=1S/C10H21N3/c1-2-13(7-6-10(11)12)8-9-4-3-5-9/h9H,2-8H2,1H3,(H3,11,12). The molecule has 0 radical (unpaired) electrons. The van der Waals surface area contributed by atoms with E-state index < -0.39 is 0 Å². The van der Waals surface area contributed by atoms with Gasteiger partial charge < -0.3 is 10.6 Å². The summed E-state index contributed by atoms with van der Waals surface area (Å²) in [6, 6.07) is 0. The van der Waals surface area contributed by atoms with Crippen LogP contribution in [0.3, 0.4) is 0 Å². The van der Waals surface area contributed by atoms with Crippen molar-refractivity contribution in [2.24, 2.45) is 11.7 Å². The van der Waals surface area contributed by atoms with Crippen molar-refractivity contribution in [2.75, 3.05) is 19.6 Å². The molecular weight excluding hydrogens is 162 g/mol. The van der Waals surface area contributed by atoms with Crippen molar-refractivity contribution >= 4 is 5.84 Å². The molecule has 3 nitrogen and oxygen atoms in total. The van der Waals surface area contributed by atoms with Crippen LogP contribution in [-0.2, 0) is 0 Å². The molecule has 0 aromatic rings. The first-order chi connectivity index (χ1) is 6.22. The van der Waals surface area contributed by atoms with E-state index in [1.54, 1.807) is 0 Å². The highest BCUT2D eigenvalue weighted by atomic mass is 15.1. The van der Waals surface area contributed by atoms with Gasteiger partial charge in [-0.3, -0.25) is 5.41 Å². The zero-order valence-electron chi connectivity index (χ0n) is 8.55. The molecule has 76 valence electrons. The van der Waals surface area contributed by atoms with Crippen molar-refractivity contribution in [1.29, 1.82) is 5.41 Å². The lowest BCUT2D eigenvalue weighted by Gasteiger charge is -2.31. The Balaban J connectivity index is 2.13. The van der Waals surface area contributed by atoms with E-state index in [9.17, 15) is 0 Å². The first-order valence-electron chi connectivity index (χ1n) is 5.27. The van der Waals surface area contributed by atoms with Crippen molar-refractivity contribution in [1.82, 2.24) is 4.90 Å². The number of nitrogens with zero attached hydrogens (tertiary/aromatic N) is 1. The zero-order valence-corrected chi connectivity index (χ0v) is 8.55. The highest BCUT2D eigenvalue weighted by Crippen LogP contribution is 2.26. The number of nitrogens with two attached hydrogens (primary N) is 1. The highest BCUT2D eigenvalue weighted by molar-refractivity contribution is 5.76. The third kappa shape index (κ3) is 3.77. The van der Waals surface area contributed by atoms with Crippen LogP contribution in [-0.4, -0.2) is 30.4 Å². The topological polar surface area (TPSA) is 53.1 Å². The number of amidine groups is 1. The lowest BCUT2D eigenvalue weighted by Crippen LogP contribution is -2.34. The quantitative estimate of drug-likeness (QED) is 0.483. The number of rotatable bonds is 6. The van der Waals surface area contributed by atoms with Crippen LogP contribution in [0.25, 0.3) is 0 Å². The van der Waals surface area contributed by atoms with E-state index >= 15 is 0 Å². The summed E-state index contributed by atoms with van der Waals surface area (Å²) in [6.07, 6.45) is 4.93. The van der Waals surface area contributed by atoms with Crippen molar-refractivity contribution < 1.29 is 0 Å². The fraction of sp³-hybridized carbons (Fsp3) is 0.900. The molecule has 0 atom stereocenters. The second-order valence-electron chi connectivity index (χ2n) is 3.97. The first-order valence-corrected chi connectivity index (χ1v) is 5.27. The molecule has 1 aliphatic rings. The summed E-state index contributed by atoms with van der Waals surface area (Å²) in [5, 5.41) is 7.16. The van der Waals surface area contributed by atoms with Gasteiger partial charge in [-0.25, -0.2) is 0 Å². The summed E-state index contributed by atoms with van der Waals surface area (Å²) in [7, 11) is 0. The molecule has 3 heteroatoms. The van der Waals surface area contributed by atoms with Gasteiger partial charge >= 0.3 is 0 Å². The lowest BCUT2D eigenvalue weighted by molar-refractivity contribution is 0.187. The van der Waals surface area contributed by atoms with Crippen molar-refractivity contribution in [3.63, 3.8) is 0 Å². The maximum atomic E-state index is 7.16. The molecule has 0 amide bonds. The molecule has 1 aliphatic carbocycles. The van der Waals surface area contributed by atoms with Gasteiger partial charge in [0.25, 0.3) is 0 Å². The van der Waals surface area contributed by atoms with Gasteiger partial charge in [0.1, 0.15) is 0 Å². The average Bonchev–Trinajstić information content (AvgIpc) is 2.01. The molecule has 13 heavy (non-hydrogen) atoms. The first kappa shape index (κ1) is 10.5. The summed E-state index contributed by atoms with van der Waals surface area (Å²) in [4.78, 5) is 2.41. The van der Waals surface area contributed by atoms with E-state index in [4.69, 9.17) is 11.1 Å². The predicted molar refractivity (Wildman–Crippen MR) is 56.0 cm³/mol. The zero-order chi connectivity index (χ0) is 9.68. The third-order valence-electron chi connectivity index (χ3n) is 2.89. The summed E-state index contributed by atoms with van der Waals surface area (Å²) in [5.74, 6) is 1.24. The maximum absolute atomic E-state index is 7.16. The summed E-state index contributed by atoms with van der Waals surface area (Å²) >= 11 is 0. The number of nitrogens with one attached hydrogen (secondary N) is 1. The van der Waals surface area contributed by atoms with Gasteiger partial charge in [-0.2, -0.15) is 0 Å². The SMILES string of the molecule is CCN(CCC(=N)N)CC1CCC1. The van der Waals surface area contributed by atoms with Crippen molar-refractivity contribution in [3.8, 4) is 0 Å². The van der Waals surface area contributed by atoms with Gasteiger partial charge in [0.2, 0.25) is 0 Å². The molecule has 1 saturated carbocycles. The predicted octanol–water partition coefficient (Wildman–Crippen LogP) is 1.43. The van der Waals surface area contributed by atoms with E-state index in [-0.39, 0.29) is 0 Å². The Morgan fingerprint density at radius 1 is 1.54 bits per heavy atom. The van der Waals surface area contributed by atoms with Crippen LogP contribution in [0.5, 0.6) is 0 Å². The molecule has 0 unspecified atom stereocenters. The van der Waals surface area contributed by atoms with Crippen LogP contribution < -0.4 is 5.73 Å². The highest BCUT2D eigenvalue weighted by Gasteiger charge is 2.19. The van der Waals surface area contributed by atoms with Crippen LogP contribution in [0.4, 0.5) is 0 Å². The Morgan fingerprint density at radius 3 is 2.62 bits per heavy atom. The van der Waals surface area contributed by atoms with Crippen LogP contribution in [0.1, 0.15) is 32.6 Å². The summed E-state index contributed by atoms with van der Waals surface area (Å²) in [5.41, 5.74) is 5.33. The molecular formula is C10H21N3. The van der Waals surface area contributed by atoms with Gasteiger partial charge in [-0.1, -0.05) is 13.3 Å². The second-order valence-corrected chi connectivity index (χ2v) is 3.97. The molecule has 0 bridgehead atoms. The Bertz CT molecular complexity index is 164. The maximum Gasteiger partial charge on any atom is 0.0918 e. The van der Waals surface area contributed by atoms with E-state index in [1.807, 2.05) is 0 Å². The van der Waals surface area contributed by atoms with Crippen LogP contribution in [0.15, 0.2) is 0 Å². The van der Waals surface area contributed by atoms with E-state index in [1.165, 1.54) is 25.8 Å². The van der Waals surface area contributed by atoms with Crippen molar-refractivity contribution in [3.05, 3.63) is 0 Å². The van der Waals surface area contributed by atoms with E-state index in [0.29, 0.717) is 5.84 Å². The van der Waals surface area contributed by atoms with Gasteiger partial charge in [0, 0.05) is 19.5 Å². The van der Waals surface area contributed by atoms with Crippen molar-refractivity contribution in [2.45, 2.75) is 32.6 Å². The number of hydrogen-bond acceptors (Lipinski definition) is 2. The van der Waals surface area contributed by atoms with Crippen LogP contribution in [0, 0.1) is 11.3 Å². The minimum Gasteiger partial charge on any atom is -0.388 e. The lowest BCUT2D eigenvalue weighted by atomic mass is 9.85. The van der Waals surface area contributed by atoms with Gasteiger partial charge in [0.15, 0.2) is 0 Å². The van der Waals surface area contributed by atoms with Crippen LogP contribution in [0.2, 0.25) is 0 Å². The molecule has 0 aromatic heterocycles. The largest absolute Gasteiger partial charge is 0.388 e. The second kappa shape index (κ2) is 5.22. The molecule has 3 N–H and O–H groups in total. The molecule has 0 saturated heterocycles. The molecule has 1 fully saturated rings. The normalized spacial score (nSPS) is 17.4. The van der Waals surface area contributed by atoms with E-state index in [0.717, 1.165) is 25.4 Å².